The molecule has 0 spiro atoms. The van der Waals surface area contributed by atoms with Gasteiger partial charge >= 0.3 is 0 Å². The molecule has 1 aromatic heterocycles. The number of carbonyl (C=O) groups excluding carboxylic acids is 1. The summed E-state index contributed by atoms with van der Waals surface area (Å²) in [4.78, 5) is 11.9. The molecular weight excluding hydrogens is 268 g/mol. The van der Waals surface area contributed by atoms with Crippen molar-refractivity contribution in [2.24, 2.45) is 5.10 Å². The first-order valence-corrected chi connectivity index (χ1v) is 6.73. The Kier molecular flexibility index (Phi) is 4.77. The molecule has 0 aliphatic carbocycles. The van der Waals surface area contributed by atoms with Gasteiger partial charge in [-0.05, 0) is 56.7 Å². The van der Waals surface area contributed by atoms with Gasteiger partial charge < -0.3 is 9.15 Å². The molecule has 21 heavy (non-hydrogen) atoms. The lowest BCUT2D eigenvalue weighted by atomic mass is 10.1. The van der Waals surface area contributed by atoms with E-state index in [9.17, 15) is 4.79 Å². The number of ether oxygens (including phenoxy) is 1. The van der Waals surface area contributed by atoms with E-state index in [1.807, 2.05) is 38.1 Å². The Morgan fingerprint density at radius 3 is 2.57 bits per heavy atom. The third-order valence-electron chi connectivity index (χ3n) is 3.01. The molecule has 1 N–H and O–H groups in total. The first kappa shape index (κ1) is 14.8. The molecular formula is C16H18N2O3. The summed E-state index contributed by atoms with van der Waals surface area (Å²) in [5.41, 5.74) is 4.64. The summed E-state index contributed by atoms with van der Waals surface area (Å²) in [6.07, 6.45) is 1.48. The number of carbonyl (C=O) groups is 1. The zero-order valence-electron chi connectivity index (χ0n) is 12.3. The number of nitrogens with one attached hydrogen (secondary N) is 1. The summed E-state index contributed by atoms with van der Waals surface area (Å²) in [7, 11) is 0. The highest BCUT2D eigenvalue weighted by atomic mass is 16.5. The van der Waals surface area contributed by atoms with Crippen LogP contribution in [0.3, 0.4) is 0 Å². The van der Waals surface area contributed by atoms with Crippen LogP contribution in [0.1, 0.15) is 35.5 Å². The fraction of sp³-hybridized carbons (Fsp3) is 0.250. The Morgan fingerprint density at radius 2 is 2.00 bits per heavy atom. The Morgan fingerprint density at radius 1 is 1.29 bits per heavy atom. The van der Waals surface area contributed by atoms with Gasteiger partial charge in [0, 0.05) is 0 Å². The average Bonchev–Trinajstić information content (AvgIpc) is 2.92. The van der Waals surface area contributed by atoms with E-state index in [0.717, 1.165) is 11.3 Å². The number of amides is 1. The van der Waals surface area contributed by atoms with Gasteiger partial charge in [-0.15, -0.1) is 0 Å². The lowest BCUT2D eigenvalue weighted by Gasteiger charge is -2.05. The molecule has 1 heterocycles. The summed E-state index contributed by atoms with van der Waals surface area (Å²) in [6, 6.07) is 9.17. The number of hydrogen-bond acceptors (Lipinski definition) is 4. The largest absolute Gasteiger partial charge is 0.494 e. The maximum atomic E-state index is 11.9. The van der Waals surface area contributed by atoms with Gasteiger partial charge in [-0.1, -0.05) is 0 Å². The van der Waals surface area contributed by atoms with Crippen LogP contribution in [0.15, 0.2) is 46.1 Å². The van der Waals surface area contributed by atoms with Crippen LogP contribution in [-0.4, -0.2) is 18.2 Å². The number of aryl methyl sites for hydroxylation is 1. The van der Waals surface area contributed by atoms with Gasteiger partial charge in [-0.3, -0.25) is 4.79 Å². The molecule has 1 aromatic carbocycles. The molecule has 0 radical (unpaired) electrons. The highest BCUT2D eigenvalue weighted by Gasteiger charge is 2.10. The second-order valence-corrected chi connectivity index (χ2v) is 4.49. The third-order valence-corrected chi connectivity index (χ3v) is 3.01. The fourth-order valence-corrected chi connectivity index (χ4v) is 1.84. The van der Waals surface area contributed by atoms with Crippen molar-refractivity contribution in [3.8, 4) is 5.75 Å². The van der Waals surface area contributed by atoms with Crippen molar-refractivity contribution in [3.05, 3.63) is 53.5 Å². The summed E-state index contributed by atoms with van der Waals surface area (Å²) >= 11 is 0. The van der Waals surface area contributed by atoms with E-state index in [1.165, 1.54) is 6.26 Å². The molecule has 110 valence electrons. The zero-order chi connectivity index (χ0) is 15.2. The van der Waals surface area contributed by atoms with E-state index in [0.29, 0.717) is 23.6 Å². The van der Waals surface area contributed by atoms with E-state index < -0.39 is 0 Å². The Labute approximate surface area is 123 Å². The first-order valence-electron chi connectivity index (χ1n) is 6.73. The molecule has 0 saturated heterocycles. The number of hydrazone groups is 1. The van der Waals surface area contributed by atoms with Gasteiger partial charge in [-0.2, -0.15) is 5.10 Å². The van der Waals surface area contributed by atoms with Crippen molar-refractivity contribution in [2.75, 3.05) is 6.61 Å². The van der Waals surface area contributed by atoms with Crippen LogP contribution in [0.2, 0.25) is 0 Å². The molecule has 0 bridgehead atoms. The van der Waals surface area contributed by atoms with Crippen molar-refractivity contribution in [2.45, 2.75) is 20.8 Å². The van der Waals surface area contributed by atoms with Gasteiger partial charge in [0.2, 0.25) is 0 Å². The van der Waals surface area contributed by atoms with Gasteiger partial charge in [0.05, 0.1) is 24.1 Å². The fourth-order valence-electron chi connectivity index (χ4n) is 1.84. The zero-order valence-corrected chi connectivity index (χ0v) is 12.3. The molecule has 0 aliphatic heterocycles. The molecule has 0 unspecified atom stereocenters. The normalized spacial score (nSPS) is 11.3. The van der Waals surface area contributed by atoms with E-state index >= 15 is 0 Å². The standard InChI is InChI=1S/C16H18N2O3/c1-4-20-14-7-5-13(6-8-14)11(2)17-18-16(19)15-9-10-21-12(15)3/h5-10H,4H2,1-3H3,(H,18,19). The molecule has 2 aromatic rings. The topological polar surface area (TPSA) is 63.8 Å². The van der Waals surface area contributed by atoms with Crippen LogP contribution < -0.4 is 10.2 Å². The number of hydrogen-bond donors (Lipinski definition) is 1. The monoisotopic (exact) mass is 286 g/mol. The van der Waals surface area contributed by atoms with Crippen molar-refractivity contribution in [3.63, 3.8) is 0 Å². The van der Waals surface area contributed by atoms with E-state index in [4.69, 9.17) is 9.15 Å². The minimum atomic E-state index is -0.286. The minimum absolute atomic E-state index is 0.286. The lowest BCUT2D eigenvalue weighted by molar-refractivity contribution is 0.0953. The third kappa shape index (κ3) is 3.72. The number of rotatable bonds is 5. The summed E-state index contributed by atoms with van der Waals surface area (Å²) in [6.45, 7) is 6.14. The van der Waals surface area contributed by atoms with Crippen molar-refractivity contribution in [1.82, 2.24) is 5.43 Å². The minimum Gasteiger partial charge on any atom is -0.494 e. The summed E-state index contributed by atoms with van der Waals surface area (Å²) in [5.74, 6) is 1.10. The molecule has 5 nitrogen and oxygen atoms in total. The Hall–Kier alpha value is -2.56. The van der Waals surface area contributed by atoms with Crippen molar-refractivity contribution in [1.29, 1.82) is 0 Å². The highest BCUT2D eigenvalue weighted by molar-refractivity contribution is 6.01. The van der Waals surface area contributed by atoms with Crippen molar-refractivity contribution < 1.29 is 13.9 Å². The second-order valence-electron chi connectivity index (χ2n) is 4.49. The van der Waals surface area contributed by atoms with Crippen molar-refractivity contribution >= 4 is 11.6 Å². The van der Waals surface area contributed by atoms with Crippen LogP contribution in [-0.2, 0) is 0 Å². The highest BCUT2D eigenvalue weighted by Crippen LogP contribution is 2.13. The van der Waals surface area contributed by atoms with Crippen LogP contribution >= 0.6 is 0 Å². The lowest BCUT2D eigenvalue weighted by Crippen LogP contribution is -2.19. The van der Waals surface area contributed by atoms with Gasteiger partial charge in [0.15, 0.2) is 0 Å². The van der Waals surface area contributed by atoms with Crippen LogP contribution in [0.5, 0.6) is 5.75 Å². The van der Waals surface area contributed by atoms with E-state index in [1.54, 1.807) is 13.0 Å². The summed E-state index contributed by atoms with van der Waals surface area (Å²) < 4.78 is 10.5. The van der Waals surface area contributed by atoms with Gasteiger partial charge in [0.1, 0.15) is 11.5 Å². The number of benzene rings is 1. The average molecular weight is 286 g/mol. The van der Waals surface area contributed by atoms with Crippen LogP contribution in [0.25, 0.3) is 0 Å². The number of nitrogens with zero attached hydrogens (tertiary/aromatic N) is 1. The Bertz CT molecular complexity index is 642. The molecule has 5 heteroatoms. The van der Waals surface area contributed by atoms with E-state index in [2.05, 4.69) is 10.5 Å². The molecule has 2 rings (SSSR count). The SMILES string of the molecule is CCOc1ccc(C(C)=NNC(=O)c2ccoc2C)cc1. The molecule has 1 amide bonds. The Balaban J connectivity index is 2.04. The number of furan rings is 1. The molecule has 0 fully saturated rings. The molecule has 0 saturated carbocycles. The quantitative estimate of drug-likeness (QED) is 0.678. The van der Waals surface area contributed by atoms with Gasteiger partial charge in [-0.25, -0.2) is 5.43 Å². The second kappa shape index (κ2) is 6.74. The van der Waals surface area contributed by atoms with Crippen LogP contribution in [0, 0.1) is 6.92 Å². The molecule has 0 aliphatic rings. The maximum Gasteiger partial charge on any atom is 0.274 e. The van der Waals surface area contributed by atoms with Gasteiger partial charge in [0.25, 0.3) is 5.91 Å². The first-order chi connectivity index (χ1) is 10.1. The maximum absolute atomic E-state index is 11.9. The van der Waals surface area contributed by atoms with E-state index in [-0.39, 0.29) is 5.91 Å². The smallest absolute Gasteiger partial charge is 0.274 e. The summed E-state index contributed by atoms with van der Waals surface area (Å²) in [5, 5.41) is 4.10. The van der Waals surface area contributed by atoms with Crippen LogP contribution in [0.4, 0.5) is 0 Å². The molecule has 0 atom stereocenters. The predicted octanol–water partition coefficient (Wildman–Crippen LogP) is 3.14. The predicted molar refractivity (Wildman–Crippen MR) is 80.7 cm³/mol.